The lowest BCUT2D eigenvalue weighted by molar-refractivity contribution is 0.682. The van der Waals surface area contributed by atoms with Gasteiger partial charge in [0.05, 0.1) is 0 Å². The normalized spacial score (nSPS) is 9.92. The van der Waals surface area contributed by atoms with Crippen molar-refractivity contribution < 1.29 is 0 Å². The number of nitrogens with zero attached hydrogens (tertiary/aromatic N) is 2. The third kappa shape index (κ3) is 3.68. The highest BCUT2D eigenvalue weighted by Gasteiger charge is 2.02. The molecule has 4 heteroatoms. The molecule has 0 atom stereocenters. The zero-order valence-electron chi connectivity index (χ0n) is 8.66. The Hall–Kier alpha value is -0.700. The average molecular weight is 204 g/mol. The van der Waals surface area contributed by atoms with E-state index in [-0.39, 0.29) is 12.4 Å². The number of nitrogens with one attached hydrogen (secondary N) is 1. The van der Waals surface area contributed by atoms with Crippen LogP contribution in [-0.2, 0) is 7.05 Å². The highest BCUT2D eigenvalue weighted by Crippen LogP contribution is 2.10. The molecule has 3 nitrogen and oxygen atoms in total. The van der Waals surface area contributed by atoms with Gasteiger partial charge in [0.2, 0.25) is 0 Å². The fourth-order valence-corrected chi connectivity index (χ4v) is 1.08. The molecule has 0 unspecified atom stereocenters. The number of anilines is 1. The topological polar surface area (TPSA) is 29.9 Å². The second-order valence-corrected chi connectivity index (χ2v) is 3.61. The van der Waals surface area contributed by atoms with E-state index in [0.29, 0.717) is 5.92 Å². The van der Waals surface area contributed by atoms with E-state index >= 15 is 0 Å². The molecule has 1 aromatic heterocycles. The van der Waals surface area contributed by atoms with Crippen LogP contribution >= 0.6 is 12.4 Å². The minimum Gasteiger partial charge on any atom is -0.368 e. The maximum Gasteiger partial charge on any atom is 0.150 e. The van der Waals surface area contributed by atoms with Crippen LogP contribution in [0.2, 0.25) is 0 Å². The van der Waals surface area contributed by atoms with Gasteiger partial charge in [-0.15, -0.1) is 12.4 Å². The van der Waals surface area contributed by atoms with Crippen LogP contribution in [0, 0.1) is 12.8 Å². The van der Waals surface area contributed by atoms with Crippen LogP contribution in [0.25, 0.3) is 0 Å². The molecule has 1 rings (SSSR count). The summed E-state index contributed by atoms with van der Waals surface area (Å²) in [5.74, 6) is 1.66. The predicted molar refractivity (Wildman–Crippen MR) is 58.5 cm³/mol. The Bertz CT molecular complexity index is 255. The Kier molecular flexibility index (Phi) is 4.85. The Balaban J connectivity index is 0.00000144. The minimum absolute atomic E-state index is 0. The first-order valence-electron chi connectivity index (χ1n) is 4.33. The van der Waals surface area contributed by atoms with E-state index in [1.807, 2.05) is 17.9 Å². The van der Waals surface area contributed by atoms with Gasteiger partial charge >= 0.3 is 0 Å². The number of hydrogen-bond acceptors (Lipinski definition) is 2. The Labute approximate surface area is 85.9 Å². The van der Waals surface area contributed by atoms with Crippen LogP contribution in [0.15, 0.2) is 6.20 Å². The molecule has 0 radical (unpaired) electrons. The SMILES string of the molecule is Cc1cn(C)nc1NCC(C)C.Cl. The number of aryl methyl sites for hydroxylation is 2. The van der Waals surface area contributed by atoms with Crippen LogP contribution in [0.4, 0.5) is 5.82 Å². The molecule has 0 fully saturated rings. The van der Waals surface area contributed by atoms with E-state index in [0.717, 1.165) is 12.4 Å². The van der Waals surface area contributed by atoms with Crippen molar-refractivity contribution in [2.24, 2.45) is 13.0 Å². The Morgan fingerprint density at radius 1 is 1.54 bits per heavy atom. The lowest BCUT2D eigenvalue weighted by atomic mass is 10.2. The van der Waals surface area contributed by atoms with Crippen molar-refractivity contribution in [1.29, 1.82) is 0 Å². The van der Waals surface area contributed by atoms with Crippen molar-refractivity contribution in [2.75, 3.05) is 11.9 Å². The van der Waals surface area contributed by atoms with Crippen LogP contribution in [0.3, 0.4) is 0 Å². The van der Waals surface area contributed by atoms with Gasteiger partial charge in [-0.25, -0.2) is 0 Å². The fraction of sp³-hybridized carbons (Fsp3) is 0.667. The van der Waals surface area contributed by atoms with Crippen molar-refractivity contribution in [2.45, 2.75) is 20.8 Å². The van der Waals surface area contributed by atoms with Gasteiger partial charge in [0.15, 0.2) is 5.82 Å². The minimum atomic E-state index is 0. The van der Waals surface area contributed by atoms with Crippen LogP contribution in [0.5, 0.6) is 0 Å². The lowest BCUT2D eigenvalue weighted by Crippen LogP contribution is -2.09. The third-order valence-electron chi connectivity index (χ3n) is 1.69. The van der Waals surface area contributed by atoms with Crippen molar-refractivity contribution >= 4 is 18.2 Å². The Morgan fingerprint density at radius 3 is 2.54 bits per heavy atom. The summed E-state index contributed by atoms with van der Waals surface area (Å²) in [6.45, 7) is 7.42. The number of halogens is 1. The van der Waals surface area contributed by atoms with Gasteiger partial charge in [-0.1, -0.05) is 13.8 Å². The summed E-state index contributed by atoms with van der Waals surface area (Å²) < 4.78 is 1.83. The lowest BCUT2D eigenvalue weighted by Gasteiger charge is -2.06. The monoisotopic (exact) mass is 203 g/mol. The highest BCUT2D eigenvalue weighted by atomic mass is 35.5. The average Bonchev–Trinajstić information content (AvgIpc) is 2.26. The van der Waals surface area contributed by atoms with E-state index in [1.54, 1.807) is 0 Å². The molecule has 1 heterocycles. The summed E-state index contributed by atoms with van der Waals surface area (Å²) in [6.07, 6.45) is 2.02. The summed E-state index contributed by atoms with van der Waals surface area (Å²) >= 11 is 0. The largest absolute Gasteiger partial charge is 0.368 e. The molecule has 76 valence electrons. The van der Waals surface area contributed by atoms with Crippen LogP contribution < -0.4 is 5.32 Å². The maximum atomic E-state index is 4.29. The summed E-state index contributed by atoms with van der Waals surface area (Å²) in [7, 11) is 1.94. The molecule has 0 aliphatic rings. The molecule has 0 bridgehead atoms. The van der Waals surface area contributed by atoms with Gasteiger partial charge in [-0.2, -0.15) is 5.10 Å². The van der Waals surface area contributed by atoms with E-state index in [9.17, 15) is 0 Å². The second kappa shape index (κ2) is 5.12. The first-order chi connectivity index (χ1) is 5.59. The molecule has 0 aliphatic carbocycles. The zero-order chi connectivity index (χ0) is 9.14. The molecule has 0 amide bonds. The summed E-state index contributed by atoms with van der Waals surface area (Å²) in [6, 6.07) is 0. The molecule has 1 aromatic rings. The van der Waals surface area contributed by atoms with E-state index < -0.39 is 0 Å². The van der Waals surface area contributed by atoms with Gasteiger partial charge in [0.1, 0.15) is 0 Å². The molecule has 0 aromatic carbocycles. The van der Waals surface area contributed by atoms with Crippen LogP contribution in [-0.4, -0.2) is 16.3 Å². The van der Waals surface area contributed by atoms with Crippen molar-refractivity contribution in [3.63, 3.8) is 0 Å². The molecule has 13 heavy (non-hydrogen) atoms. The van der Waals surface area contributed by atoms with Crippen molar-refractivity contribution in [3.8, 4) is 0 Å². The quantitative estimate of drug-likeness (QED) is 0.817. The van der Waals surface area contributed by atoms with Gasteiger partial charge in [0, 0.05) is 25.4 Å². The van der Waals surface area contributed by atoms with Gasteiger partial charge in [-0.3, -0.25) is 4.68 Å². The third-order valence-corrected chi connectivity index (χ3v) is 1.69. The second-order valence-electron chi connectivity index (χ2n) is 3.61. The molecule has 0 saturated heterocycles. The molecule has 0 saturated carbocycles. The molecular weight excluding hydrogens is 186 g/mol. The smallest absolute Gasteiger partial charge is 0.150 e. The van der Waals surface area contributed by atoms with E-state index in [4.69, 9.17) is 0 Å². The summed E-state index contributed by atoms with van der Waals surface area (Å²) in [4.78, 5) is 0. The first-order valence-corrected chi connectivity index (χ1v) is 4.33. The van der Waals surface area contributed by atoms with Gasteiger partial charge in [0.25, 0.3) is 0 Å². The number of rotatable bonds is 3. The maximum absolute atomic E-state index is 4.29. The highest BCUT2D eigenvalue weighted by molar-refractivity contribution is 5.85. The van der Waals surface area contributed by atoms with E-state index in [2.05, 4.69) is 31.2 Å². The van der Waals surface area contributed by atoms with Gasteiger partial charge < -0.3 is 5.32 Å². The molecular formula is C9H18ClN3. The summed E-state index contributed by atoms with van der Waals surface area (Å²) in [5.41, 5.74) is 1.21. The molecule has 1 N–H and O–H groups in total. The molecule has 0 spiro atoms. The number of hydrogen-bond donors (Lipinski definition) is 1. The van der Waals surface area contributed by atoms with E-state index in [1.165, 1.54) is 5.56 Å². The Morgan fingerprint density at radius 2 is 2.15 bits per heavy atom. The van der Waals surface area contributed by atoms with Gasteiger partial charge in [-0.05, 0) is 12.8 Å². The number of aromatic nitrogens is 2. The zero-order valence-corrected chi connectivity index (χ0v) is 9.48. The predicted octanol–water partition coefficient (Wildman–Crippen LogP) is 2.22. The van der Waals surface area contributed by atoms with Crippen LogP contribution in [0.1, 0.15) is 19.4 Å². The van der Waals surface area contributed by atoms with Crippen molar-refractivity contribution in [1.82, 2.24) is 9.78 Å². The fourth-order valence-electron chi connectivity index (χ4n) is 1.08. The standard InChI is InChI=1S/C9H17N3.ClH/c1-7(2)5-10-9-8(3)6-12(4)11-9;/h6-7H,5H2,1-4H3,(H,10,11);1H. The van der Waals surface area contributed by atoms with Crippen molar-refractivity contribution in [3.05, 3.63) is 11.8 Å². The molecule has 0 aliphatic heterocycles. The first kappa shape index (κ1) is 12.3. The summed E-state index contributed by atoms with van der Waals surface area (Å²) in [5, 5.41) is 7.59.